The smallest absolute Gasteiger partial charge is 0.251 e. The maximum Gasteiger partial charge on any atom is 0.251 e. The van der Waals surface area contributed by atoms with E-state index in [4.69, 9.17) is 10.9 Å². The van der Waals surface area contributed by atoms with Gasteiger partial charge < -0.3 is 16.3 Å². The van der Waals surface area contributed by atoms with Crippen molar-refractivity contribution < 1.29 is 10.0 Å². The Bertz CT molecular complexity index is 482. The van der Waals surface area contributed by atoms with Crippen molar-refractivity contribution in [3.8, 4) is 0 Å². The molecule has 1 aliphatic rings. The van der Waals surface area contributed by atoms with Gasteiger partial charge in [0, 0.05) is 17.2 Å². The molecule has 0 radical (unpaired) electrons. The molecule has 1 saturated carbocycles. The number of carbonyl (C=O) groups excluding carboxylic acids is 1. The Morgan fingerprint density at radius 3 is 2.63 bits per heavy atom. The summed E-state index contributed by atoms with van der Waals surface area (Å²) in [6, 6.07) is 7.02. The molecule has 0 aromatic heterocycles. The molecule has 2 rings (SSSR count). The lowest BCUT2D eigenvalue weighted by atomic mass is 10.1. The van der Waals surface area contributed by atoms with Crippen LogP contribution in [0.2, 0.25) is 0 Å². The number of hydrogen-bond acceptors (Lipinski definition) is 3. The van der Waals surface area contributed by atoms with E-state index in [1.54, 1.807) is 24.3 Å². The van der Waals surface area contributed by atoms with Crippen LogP contribution in [0.5, 0.6) is 0 Å². The lowest BCUT2D eigenvalue weighted by Crippen LogP contribution is -2.27. The Balaban J connectivity index is 1.93. The van der Waals surface area contributed by atoms with Crippen molar-refractivity contribution in [1.82, 2.24) is 5.32 Å². The second-order valence-electron chi connectivity index (χ2n) is 4.93. The van der Waals surface area contributed by atoms with Crippen LogP contribution in [0.25, 0.3) is 0 Å². The first-order valence-electron chi connectivity index (χ1n) is 6.54. The topological polar surface area (TPSA) is 87.7 Å². The van der Waals surface area contributed by atoms with Gasteiger partial charge in [-0.25, -0.2) is 0 Å². The number of rotatable bonds is 5. The lowest BCUT2D eigenvalue weighted by molar-refractivity contribution is 0.0949. The van der Waals surface area contributed by atoms with Gasteiger partial charge >= 0.3 is 0 Å². The van der Waals surface area contributed by atoms with Gasteiger partial charge in [-0.05, 0) is 30.9 Å². The van der Waals surface area contributed by atoms with Crippen molar-refractivity contribution in [3.05, 3.63) is 35.4 Å². The minimum absolute atomic E-state index is 0.0390. The van der Waals surface area contributed by atoms with Gasteiger partial charge in [0.1, 0.15) is 0 Å². The van der Waals surface area contributed by atoms with Gasteiger partial charge in [-0.15, -0.1) is 0 Å². The van der Waals surface area contributed by atoms with E-state index in [9.17, 15) is 4.79 Å². The zero-order valence-electron chi connectivity index (χ0n) is 11.0. The molecular formula is C14H19N3O2. The predicted molar refractivity (Wildman–Crippen MR) is 73.2 cm³/mol. The Hall–Kier alpha value is -2.04. The van der Waals surface area contributed by atoms with Crippen LogP contribution >= 0.6 is 0 Å². The van der Waals surface area contributed by atoms with Crippen molar-refractivity contribution in [3.63, 3.8) is 0 Å². The van der Waals surface area contributed by atoms with Gasteiger partial charge in [-0.3, -0.25) is 4.79 Å². The van der Waals surface area contributed by atoms with Crippen LogP contribution in [0.4, 0.5) is 0 Å². The van der Waals surface area contributed by atoms with E-state index in [0.717, 1.165) is 12.8 Å². The fourth-order valence-corrected chi connectivity index (χ4v) is 2.22. The third-order valence-electron chi connectivity index (χ3n) is 3.45. The van der Waals surface area contributed by atoms with Crippen molar-refractivity contribution in [2.45, 2.75) is 32.2 Å². The van der Waals surface area contributed by atoms with Crippen LogP contribution in [0.3, 0.4) is 0 Å². The quantitative estimate of drug-likeness (QED) is 0.326. The minimum Gasteiger partial charge on any atom is -0.409 e. The molecule has 1 amide bonds. The molecule has 1 aromatic rings. The molecule has 2 unspecified atom stereocenters. The minimum atomic E-state index is -0.0605. The van der Waals surface area contributed by atoms with E-state index in [1.165, 1.54) is 6.42 Å². The molecule has 5 heteroatoms. The summed E-state index contributed by atoms with van der Waals surface area (Å²) in [7, 11) is 0. The standard InChI is InChI=1S/C14H19N3O2/c1-2-3-11-8-12(11)16-14(18)10-6-4-9(5-7-10)13(15)17-19/h4-7,11-12,19H,2-3,8H2,1H3,(H2,15,17)(H,16,18). The number of oxime groups is 1. The van der Waals surface area contributed by atoms with Gasteiger partial charge in [0.2, 0.25) is 0 Å². The van der Waals surface area contributed by atoms with Crippen molar-refractivity contribution in [2.75, 3.05) is 0 Å². The number of amidine groups is 1. The Morgan fingerprint density at radius 2 is 2.05 bits per heavy atom. The number of nitrogens with zero attached hydrogens (tertiary/aromatic N) is 1. The first kappa shape index (κ1) is 13.4. The molecule has 19 heavy (non-hydrogen) atoms. The van der Waals surface area contributed by atoms with E-state index in [2.05, 4.69) is 17.4 Å². The van der Waals surface area contributed by atoms with E-state index in [-0.39, 0.29) is 11.7 Å². The highest BCUT2D eigenvalue weighted by Crippen LogP contribution is 2.34. The summed E-state index contributed by atoms with van der Waals surface area (Å²) in [5.74, 6) is 0.622. The highest BCUT2D eigenvalue weighted by Gasteiger charge is 2.37. The molecule has 0 heterocycles. The van der Waals surface area contributed by atoms with E-state index < -0.39 is 0 Å². The van der Waals surface area contributed by atoms with Crippen LogP contribution in [0, 0.1) is 5.92 Å². The number of benzene rings is 1. The van der Waals surface area contributed by atoms with Crippen molar-refractivity contribution in [2.24, 2.45) is 16.8 Å². The first-order chi connectivity index (χ1) is 9.15. The number of amides is 1. The second kappa shape index (κ2) is 5.73. The van der Waals surface area contributed by atoms with Gasteiger partial charge in [0.05, 0.1) is 0 Å². The van der Waals surface area contributed by atoms with Gasteiger partial charge in [0.25, 0.3) is 5.91 Å². The SMILES string of the molecule is CCCC1CC1NC(=O)c1ccc(/C(N)=N/O)cc1. The molecule has 1 aromatic carbocycles. The average molecular weight is 261 g/mol. The lowest BCUT2D eigenvalue weighted by Gasteiger charge is -2.05. The molecule has 1 aliphatic carbocycles. The summed E-state index contributed by atoms with van der Waals surface area (Å²) in [5.41, 5.74) is 6.65. The number of nitrogens with two attached hydrogens (primary N) is 1. The van der Waals surface area contributed by atoms with Crippen molar-refractivity contribution >= 4 is 11.7 Å². The number of nitrogens with one attached hydrogen (secondary N) is 1. The summed E-state index contributed by atoms with van der Waals surface area (Å²) in [6.07, 6.45) is 3.42. The van der Waals surface area contributed by atoms with E-state index >= 15 is 0 Å². The number of carbonyl (C=O) groups is 1. The van der Waals surface area contributed by atoms with Crippen LogP contribution in [0.15, 0.2) is 29.4 Å². The molecule has 0 spiro atoms. The third kappa shape index (κ3) is 3.24. The van der Waals surface area contributed by atoms with Crippen LogP contribution in [0.1, 0.15) is 42.1 Å². The molecule has 0 bridgehead atoms. The van der Waals surface area contributed by atoms with Crippen LogP contribution in [-0.4, -0.2) is 23.0 Å². The Morgan fingerprint density at radius 1 is 1.42 bits per heavy atom. The van der Waals surface area contributed by atoms with Crippen LogP contribution in [-0.2, 0) is 0 Å². The molecule has 102 valence electrons. The van der Waals surface area contributed by atoms with E-state index in [0.29, 0.717) is 23.1 Å². The zero-order chi connectivity index (χ0) is 13.8. The summed E-state index contributed by atoms with van der Waals surface area (Å²) < 4.78 is 0. The normalized spacial score (nSPS) is 22.1. The Labute approximate surface area is 112 Å². The average Bonchev–Trinajstić information content (AvgIpc) is 3.16. The summed E-state index contributed by atoms with van der Waals surface area (Å²) in [6.45, 7) is 2.16. The molecule has 0 aliphatic heterocycles. The second-order valence-corrected chi connectivity index (χ2v) is 4.93. The van der Waals surface area contributed by atoms with E-state index in [1.807, 2.05) is 0 Å². The summed E-state index contributed by atoms with van der Waals surface area (Å²) in [5, 5.41) is 14.5. The van der Waals surface area contributed by atoms with Gasteiger partial charge in [-0.2, -0.15) is 0 Å². The fraction of sp³-hybridized carbons (Fsp3) is 0.429. The summed E-state index contributed by atoms with van der Waals surface area (Å²) >= 11 is 0. The zero-order valence-corrected chi connectivity index (χ0v) is 11.0. The molecule has 1 fully saturated rings. The van der Waals surface area contributed by atoms with Crippen LogP contribution < -0.4 is 11.1 Å². The molecule has 4 N–H and O–H groups in total. The Kier molecular flexibility index (Phi) is 4.04. The molecular weight excluding hydrogens is 242 g/mol. The fourth-order valence-electron chi connectivity index (χ4n) is 2.22. The van der Waals surface area contributed by atoms with Gasteiger partial charge in [0.15, 0.2) is 5.84 Å². The molecule has 2 atom stereocenters. The van der Waals surface area contributed by atoms with Gasteiger partial charge in [-0.1, -0.05) is 30.6 Å². The predicted octanol–water partition coefficient (Wildman–Crippen LogP) is 1.70. The maximum absolute atomic E-state index is 12.0. The first-order valence-corrected chi connectivity index (χ1v) is 6.54. The third-order valence-corrected chi connectivity index (χ3v) is 3.45. The monoisotopic (exact) mass is 261 g/mol. The highest BCUT2D eigenvalue weighted by atomic mass is 16.4. The highest BCUT2D eigenvalue weighted by molar-refractivity contribution is 5.99. The molecule has 5 nitrogen and oxygen atoms in total. The largest absolute Gasteiger partial charge is 0.409 e. The van der Waals surface area contributed by atoms with Crippen molar-refractivity contribution in [1.29, 1.82) is 0 Å². The number of hydrogen-bond donors (Lipinski definition) is 3. The summed E-state index contributed by atoms with van der Waals surface area (Å²) in [4.78, 5) is 12.0. The maximum atomic E-state index is 12.0. The molecule has 0 saturated heterocycles.